The van der Waals surface area contributed by atoms with Crippen molar-refractivity contribution in [2.45, 2.75) is 91.5 Å². The van der Waals surface area contributed by atoms with Crippen molar-refractivity contribution in [1.29, 1.82) is 0 Å². The van der Waals surface area contributed by atoms with Crippen molar-refractivity contribution in [3.63, 3.8) is 0 Å². The number of fused-ring (bicyclic) bond motifs is 2. The predicted molar refractivity (Wildman–Crippen MR) is 177 cm³/mol. The second-order valence-corrected chi connectivity index (χ2v) is 13.9. The van der Waals surface area contributed by atoms with Crippen LogP contribution in [0, 0.1) is 6.92 Å². The lowest BCUT2D eigenvalue weighted by Gasteiger charge is -2.24. The van der Waals surface area contributed by atoms with Gasteiger partial charge in [0.05, 0.1) is 22.8 Å². The van der Waals surface area contributed by atoms with E-state index in [0.717, 1.165) is 47.1 Å². The molecule has 12 heteroatoms. The highest BCUT2D eigenvalue weighted by Gasteiger charge is 2.31. The minimum Gasteiger partial charge on any atom is -0.444 e. The molecule has 3 aromatic heterocycles. The number of alkyl carbamates (subject to hydrolysis) is 1. The first-order valence-corrected chi connectivity index (χ1v) is 15.8. The van der Waals surface area contributed by atoms with Crippen LogP contribution in [0.4, 0.5) is 15.4 Å². The smallest absolute Gasteiger partial charge is 0.419 e. The number of nitrogens with zero attached hydrogens (tertiary/aromatic N) is 5. The maximum Gasteiger partial charge on any atom is 0.419 e. The van der Waals surface area contributed by atoms with Crippen molar-refractivity contribution >= 4 is 45.7 Å². The van der Waals surface area contributed by atoms with Gasteiger partial charge in [-0.05, 0) is 99.5 Å². The van der Waals surface area contributed by atoms with Crippen LogP contribution < -0.4 is 10.6 Å². The number of hydrogen-bond acceptors (Lipinski definition) is 8. The molecule has 0 aliphatic carbocycles. The molecule has 12 nitrogen and oxygen atoms in total. The van der Waals surface area contributed by atoms with E-state index in [1.54, 1.807) is 22.9 Å². The lowest BCUT2D eigenvalue weighted by Crippen LogP contribution is -2.33. The van der Waals surface area contributed by atoms with Gasteiger partial charge in [0.2, 0.25) is 0 Å². The Kier molecular flexibility index (Phi) is 9.12. The molecule has 1 fully saturated rings. The molecule has 46 heavy (non-hydrogen) atoms. The Morgan fingerprint density at radius 3 is 2.41 bits per heavy atom. The fourth-order valence-corrected chi connectivity index (χ4v) is 5.81. The molecule has 2 amide bonds. The largest absolute Gasteiger partial charge is 0.444 e. The van der Waals surface area contributed by atoms with E-state index in [4.69, 9.17) is 9.47 Å². The van der Waals surface area contributed by atoms with Gasteiger partial charge in [0.15, 0.2) is 0 Å². The van der Waals surface area contributed by atoms with Crippen LogP contribution in [-0.4, -0.2) is 73.7 Å². The fourth-order valence-electron chi connectivity index (χ4n) is 5.81. The van der Waals surface area contributed by atoms with Gasteiger partial charge in [0, 0.05) is 47.4 Å². The molecular weight excluding hydrogens is 586 g/mol. The number of anilines is 1. The summed E-state index contributed by atoms with van der Waals surface area (Å²) in [5.74, 6) is -0.0124. The summed E-state index contributed by atoms with van der Waals surface area (Å²) in [5.41, 5.74) is 2.35. The lowest BCUT2D eigenvalue weighted by molar-refractivity contribution is 0.0518. The number of benzene rings is 1. The van der Waals surface area contributed by atoms with Gasteiger partial charge in [-0.2, -0.15) is 5.10 Å². The number of hydrogen-bond donors (Lipinski definition) is 2. The molecule has 4 aromatic rings. The average Bonchev–Trinajstić information content (AvgIpc) is 3.63. The van der Waals surface area contributed by atoms with E-state index in [2.05, 4.69) is 32.7 Å². The van der Waals surface area contributed by atoms with E-state index in [0.29, 0.717) is 36.4 Å². The third-order valence-electron chi connectivity index (χ3n) is 7.81. The van der Waals surface area contributed by atoms with E-state index in [9.17, 15) is 14.4 Å². The molecule has 1 aliphatic rings. The number of carbonyl (C=O) groups is 3. The van der Waals surface area contributed by atoms with Crippen molar-refractivity contribution < 1.29 is 23.9 Å². The van der Waals surface area contributed by atoms with Gasteiger partial charge in [-0.3, -0.25) is 14.4 Å². The van der Waals surface area contributed by atoms with E-state index in [1.165, 1.54) is 0 Å². The second-order valence-electron chi connectivity index (χ2n) is 13.9. The van der Waals surface area contributed by atoms with Crippen molar-refractivity contribution in [2.75, 3.05) is 25.5 Å². The quantitative estimate of drug-likeness (QED) is 0.224. The lowest BCUT2D eigenvalue weighted by atomic mass is 10.1. The molecule has 1 atom stereocenters. The number of nitrogens with one attached hydrogen (secondary N) is 2. The molecule has 0 radical (unpaired) electrons. The van der Waals surface area contributed by atoms with Crippen molar-refractivity contribution in [3.8, 4) is 0 Å². The number of aryl methyl sites for hydroxylation is 2. The van der Waals surface area contributed by atoms with Crippen LogP contribution in [0.25, 0.3) is 21.8 Å². The molecule has 1 aliphatic heterocycles. The molecule has 1 saturated heterocycles. The molecule has 5 rings (SSSR count). The number of likely N-dealkylation sites (tertiary alicyclic amines) is 1. The molecule has 0 bridgehead atoms. The van der Waals surface area contributed by atoms with Gasteiger partial charge in [-0.25, -0.2) is 19.1 Å². The Bertz CT molecular complexity index is 1780. The monoisotopic (exact) mass is 631 g/mol. The third kappa shape index (κ3) is 7.50. The number of rotatable bonds is 7. The molecule has 4 heterocycles. The maximum absolute atomic E-state index is 13.5. The number of aromatic nitrogens is 4. The van der Waals surface area contributed by atoms with Gasteiger partial charge in [0.25, 0.3) is 5.91 Å². The molecule has 2 N–H and O–H groups in total. The summed E-state index contributed by atoms with van der Waals surface area (Å²) in [6.07, 6.45) is 3.37. The van der Waals surface area contributed by atoms with E-state index in [-0.39, 0.29) is 11.9 Å². The minimum absolute atomic E-state index is 0.0751. The predicted octanol–water partition coefficient (Wildman–Crippen LogP) is 6.41. The standard InChI is InChI=1S/C34H45N7O5/c1-21-24-13-12-22(17-27(24)40(38-21)16-10-14-35-31(43)45-33(2,3)4)30(42)37-29-19-26-23(20-36-29)18-28(25-11-9-15-39(25)8)41(26)32(44)46-34(5,6)7/h12-13,17-20,25H,9-11,14-16H2,1-8H3,(H,35,43)(H,36,37,42)/t25-/m1/s1. The number of pyridine rings is 1. The highest BCUT2D eigenvalue weighted by Crippen LogP contribution is 2.35. The fraction of sp³-hybridized carbons (Fsp3) is 0.500. The summed E-state index contributed by atoms with van der Waals surface area (Å²) in [5, 5.41) is 12.1. The molecule has 246 valence electrons. The van der Waals surface area contributed by atoms with E-state index < -0.39 is 23.4 Å². The summed E-state index contributed by atoms with van der Waals surface area (Å²) in [6.45, 7) is 14.8. The first-order chi connectivity index (χ1) is 21.6. The summed E-state index contributed by atoms with van der Waals surface area (Å²) in [7, 11) is 2.06. The molecule has 1 aromatic carbocycles. The summed E-state index contributed by atoms with van der Waals surface area (Å²) in [6, 6.07) is 9.24. The van der Waals surface area contributed by atoms with Crippen LogP contribution in [0.1, 0.15) is 88.6 Å². The van der Waals surface area contributed by atoms with Gasteiger partial charge in [0.1, 0.15) is 17.0 Å². The number of carbonyl (C=O) groups excluding carboxylic acids is 3. The van der Waals surface area contributed by atoms with Gasteiger partial charge in [-0.1, -0.05) is 6.07 Å². The zero-order chi connectivity index (χ0) is 33.4. The van der Waals surface area contributed by atoms with Crippen molar-refractivity contribution in [2.24, 2.45) is 0 Å². The summed E-state index contributed by atoms with van der Waals surface area (Å²) >= 11 is 0. The van der Waals surface area contributed by atoms with Crippen LogP contribution in [0.15, 0.2) is 36.5 Å². The van der Waals surface area contributed by atoms with Gasteiger partial charge < -0.3 is 20.1 Å². The Balaban J connectivity index is 1.36. The molecule has 0 saturated carbocycles. The topological polar surface area (TPSA) is 133 Å². The highest BCUT2D eigenvalue weighted by molar-refractivity contribution is 6.06. The third-order valence-corrected chi connectivity index (χ3v) is 7.81. The van der Waals surface area contributed by atoms with Gasteiger partial charge >= 0.3 is 12.2 Å². The summed E-state index contributed by atoms with van der Waals surface area (Å²) in [4.78, 5) is 45.7. The normalized spacial score (nSPS) is 15.8. The number of amides is 2. The Morgan fingerprint density at radius 1 is 1.00 bits per heavy atom. The van der Waals surface area contributed by atoms with E-state index >= 15 is 0 Å². The van der Waals surface area contributed by atoms with Crippen LogP contribution in [0.3, 0.4) is 0 Å². The Labute approximate surface area is 269 Å². The van der Waals surface area contributed by atoms with Crippen LogP contribution in [0.5, 0.6) is 0 Å². The van der Waals surface area contributed by atoms with Crippen molar-refractivity contribution in [1.82, 2.24) is 29.5 Å². The SMILES string of the molecule is Cc1nn(CCCNC(=O)OC(C)(C)C)c2cc(C(=O)Nc3cc4c(cn3)cc([C@H]3CCCN3C)n4C(=O)OC(C)(C)C)ccc12. The zero-order valence-corrected chi connectivity index (χ0v) is 28.1. The molecule has 0 spiro atoms. The summed E-state index contributed by atoms with van der Waals surface area (Å²) < 4.78 is 14.6. The zero-order valence-electron chi connectivity index (χ0n) is 28.1. The number of ether oxygens (including phenoxy) is 2. The Morgan fingerprint density at radius 2 is 1.74 bits per heavy atom. The van der Waals surface area contributed by atoms with Gasteiger partial charge in [-0.15, -0.1) is 0 Å². The van der Waals surface area contributed by atoms with Crippen molar-refractivity contribution in [3.05, 3.63) is 53.5 Å². The average molecular weight is 632 g/mol. The van der Waals surface area contributed by atoms with Crippen LogP contribution in [0.2, 0.25) is 0 Å². The van der Waals surface area contributed by atoms with E-state index in [1.807, 2.05) is 71.3 Å². The highest BCUT2D eigenvalue weighted by atomic mass is 16.6. The van der Waals surface area contributed by atoms with Crippen LogP contribution in [-0.2, 0) is 16.0 Å². The first kappa shape index (κ1) is 32.9. The molecular formula is C34H45N7O5. The molecule has 0 unspecified atom stereocenters. The first-order valence-electron chi connectivity index (χ1n) is 15.8. The maximum atomic E-state index is 13.5. The second kappa shape index (κ2) is 12.7. The minimum atomic E-state index is -0.672. The Hall–Kier alpha value is -4.45. The van der Waals surface area contributed by atoms with Crippen LogP contribution >= 0.6 is 0 Å².